The van der Waals surface area contributed by atoms with Gasteiger partial charge in [-0.1, -0.05) is 25.3 Å². The topological polar surface area (TPSA) is 93.3 Å². The van der Waals surface area contributed by atoms with Crippen LogP contribution in [0.3, 0.4) is 0 Å². The number of tetrazole rings is 1. The van der Waals surface area contributed by atoms with Gasteiger partial charge in [0.2, 0.25) is 0 Å². The second kappa shape index (κ2) is 10.00. The normalized spacial score (nSPS) is 18.4. The Morgan fingerprint density at radius 1 is 0.944 bits per heavy atom. The highest BCUT2D eigenvalue weighted by molar-refractivity contribution is 5.93. The molecule has 2 aromatic carbocycles. The summed E-state index contributed by atoms with van der Waals surface area (Å²) in [5.41, 5.74) is -0.309. The molecule has 1 aliphatic carbocycles. The first-order valence-corrected chi connectivity index (χ1v) is 12.1. The molecule has 1 aliphatic heterocycles. The Kier molecular flexibility index (Phi) is 6.62. The van der Waals surface area contributed by atoms with Crippen LogP contribution in [0.4, 0.5) is 25.0 Å². The molecule has 1 saturated carbocycles. The molecule has 0 bridgehead atoms. The minimum absolute atomic E-state index is 0.167. The lowest BCUT2D eigenvalue weighted by molar-refractivity contribution is -0.108. The van der Waals surface area contributed by atoms with Crippen LogP contribution in [0.15, 0.2) is 47.3 Å². The van der Waals surface area contributed by atoms with Crippen LogP contribution >= 0.6 is 0 Å². The summed E-state index contributed by atoms with van der Waals surface area (Å²) in [6.45, 7) is 0.777. The van der Waals surface area contributed by atoms with Crippen LogP contribution in [0.1, 0.15) is 44.9 Å². The summed E-state index contributed by atoms with van der Waals surface area (Å²) in [5, 5.41) is 7.25. The van der Waals surface area contributed by atoms with E-state index >= 15 is 0 Å². The number of carbonyl (C=O) groups is 2. The number of anilines is 2. The molecule has 2 heterocycles. The van der Waals surface area contributed by atoms with Gasteiger partial charge in [-0.25, -0.2) is 18.4 Å². The molecule has 3 aromatic rings. The van der Waals surface area contributed by atoms with Crippen molar-refractivity contribution in [1.29, 1.82) is 0 Å². The van der Waals surface area contributed by atoms with Crippen molar-refractivity contribution in [2.24, 2.45) is 0 Å². The molecular formula is C25H26F2N6O3. The number of rotatable bonds is 5. The van der Waals surface area contributed by atoms with Crippen molar-refractivity contribution in [3.63, 3.8) is 0 Å². The minimum atomic E-state index is -1.06. The van der Waals surface area contributed by atoms with E-state index in [-0.39, 0.29) is 12.1 Å². The van der Waals surface area contributed by atoms with E-state index in [9.17, 15) is 23.2 Å². The van der Waals surface area contributed by atoms with E-state index < -0.39 is 29.0 Å². The number of aromatic nitrogens is 4. The van der Waals surface area contributed by atoms with Crippen LogP contribution in [-0.4, -0.2) is 50.7 Å². The quantitative estimate of drug-likeness (QED) is 0.395. The molecule has 9 nitrogen and oxygen atoms in total. The molecule has 0 N–H and O–H groups in total. The minimum Gasteiger partial charge on any atom is -0.362 e. The number of para-hydroxylation sites is 1. The summed E-state index contributed by atoms with van der Waals surface area (Å²) in [7, 11) is 0. The zero-order valence-electron chi connectivity index (χ0n) is 19.6. The molecule has 188 valence electrons. The third-order valence-electron chi connectivity index (χ3n) is 6.97. The number of amides is 1. The summed E-state index contributed by atoms with van der Waals surface area (Å²) >= 11 is 0. The van der Waals surface area contributed by atoms with E-state index in [4.69, 9.17) is 0 Å². The van der Waals surface area contributed by atoms with E-state index in [1.165, 1.54) is 11.0 Å². The summed E-state index contributed by atoms with van der Waals surface area (Å²) in [5.74, 6) is -1.99. The first-order chi connectivity index (χ1) is 17.5. The molecule has 0 spiro atoms. The van der Waals surface area contributed by atoms with E-state index in [0.29, 0.717) is 15.1 Å². The van der Waals surface area contributed by atoms with Crippen LogP contribution in [0, 0.1) is 11.6 Å². The number of halogens is 2. The fraction of sp³-hybridized carbons (Fsp3) is 0.400. The van der Waals surface area contributed by atoms with Crippen LogP contribution in [-0.2, 0) is 4.79 Å². The van der Waals surface area contributed by atoms with Gasteiger partial charge in [0.15, 0.2) is 11.6 Å². The lowest BCUT2D eigenvalue weighted by Crippen LogP contribution is -2.47. The fourth-order valence-electron chi connectivity index (χ4n) is 5.18. The van der Waals surface area contributed by atoms with Gasteiger partial charge in [0.25, 0.3) is 0 Å². The molecule has 1 amide bonds. The molecule has 2 aliphatic rings. The van der Waals surface area contributed by atoms with Crippen LogP contribution in [0.2, 0.25) is 0 Å². The number of nitrogens with zero attached hydrogens (tertiary/aromatic N) is 6. The Balaban J connectivity index is 1.50. The summed E-state index contributed by atoms with van der Waals surface area (Å²) in [6, 6.07) is 9.37. The molecule has 1 atom stereocenters. The molecule has 0 unspecified atom stereocenters. The van der Waals surface area contributed by atoms with E-state index in [0.717, 1.165) is 75.6 Å². The third-order valence-corrected chi connectivity index (χ3v) is 6.97. The molecule has 11 heteroatoms. The van der Waals surface area contributed by atoms with Crippen molar-refractivity contribution >= 4 is 23.7 Å². The predicted octanol–water partition coefficient (Wildman–Crippen LogP) is 3.68. The van der Waals surface area contributed by atoms with Crippen molar-refractivity contribution in [1.82, 2.24) is 19.8 Å². The number of carbonyl (C=O) groups excluding carboxylic acids is 2. The largest absolute Gasteiger partial charge is 0.377 e. The smallest absolute Gasteiger partial charge is 0.362 e. The van der Waals surface area contributed by atoms with Gasteiger partial charge < -0.3 is 9.69 Å². The Hall–Kier alpha value is -3.89. The first kappa shape index (κ1) is 23.8. The maximum atomic E-state index is 14.3. The SMILES string of the molecule is O=C[C@@H]1CCCN1c1ccc(N(C(=O)n2nnn(-c3c(F)cccc3F)c2=O)C2CCCCC2)cc1. The number of hydrogen-bond acceptors (Lipinski definition) is 6. The standard InChI is InChI=1S/C25H26F2N6O3/c26-21-9-4-10-22(27)23(21)32-25(36)33(29-28-32)24(35)31(18-6-2-1-3-7-18)19-13-11-17(12-14-19)30-15-5-8-20(30)16-34/h4,9-14,16,18,20H,1-3,5-8,15H2/t20-/m0/s1. The van der Waals surface area contributed by atoms with Crippen molar-refractivity contribution in [2.75, 3.05) is 16.3 Å². The Morgan fingerprint density at radius 3 is 2.31 bits per heavy atom. The Morgan fingerprint density at radius 2 is 1.64 bits per heavy atom. The van der Waals surface area contributed by atoms with Gasteiger partial charge >= 0.3 is 11.7 Å². The maximum absolute atomic E-state index is 14.3. The van der Waals surface area contributed by atoms with Gasteiger partial charge in [-0.15, -0.1) is 4.68 Å². The highest BCUT2D eigenvalue weighted by Crippen LogP contribution is 2.31. The van der Waals surface area contributed by atoms with E-state index in [1.807, 2.05) is 17.0 Å². The Bertz CT molecular complexity index is 1300. The second-order valence-electron chi connectivity index (χ2n) is 9.16. The van der Waals surface area contributed by atoms with Gasteiger partial charge in [0.1, 0.15) is 12.0 Å². The molecule has 5 rings (SSSR count). The van der Waals surface area contributed by atoms with E-state index in [2.05, 4.69) is 10.4 Å². The predicted molar refractivity (Wildman–Crippen MR) is 129 cm³/mol. The van der Waals surface area contributed by atoms with Gasteiger partial charge in [-0.3, -0.25) is 4.90 Å². The number of benzene rings is 2. The molecular weight excluding hydrogens is 470 g/mol. The molecule has 1 saturated heterocycles. The van der Waals surface area contributed by atoms with Crippen molar-refractivity contribution in [3.8, 4) is 5.69 Å². The maximum Gasteiger partial charge on any atom is 0.377 e. The molecule has 36 heavy (non-hydrogen) atoms. The monoisotopic (exact) mass is 496 g/mol. The fourth-order valence-corrected chi connectivity index (χ4v) is 5.18. The van der Waals surface area contributed by atoms with Crippen LogP contribution < -0.4 is 15.5 Å². The number of hydrogen-bond donors (Lipinski definition) is 0. The average Bonchev–Trinajstić information content (AvgIpc) is 3.52. The highest BCUT2D eigenvalue weighted by Gasteiger charge is 2.32. The summed E-state index contributed by atoms with van der Waals surface area (Å²) in [4.78, 5) is 41.6. The van der Waals surface area contributed by atoms with Gasteiger partial charge in [-0.2, -0.15) is 4.68 Å². The Labute approximate surface area is 205 Å². The zero-order chi connectivity index (χ0) is 25.2. The summed E-state index contributed by atoms with van der Waals surface area (Å²) < 4.78 is 29.5. The third kappa shape index (κ3) is 4.29. The first-order valence-electron chi connectivity index (χ1n) is 12.1. The lowest BCUT2D eigenvalue weighted by atomic mass is 9.94. The highest BCUT2D eigenvalue weighted by atomic mass is 19.1. The van der Waals surface area contributed by atoms with Crippen LogP contribution in [0.5, 0.6) is 0 Å². The second-order valence-corrected chi connectivity index (χ2v) is 9.16. The van der Waals surface area contributed by atoms with E-state index in [1.54, 1.807) is 12.1 Å². The number of aldehydes is 1. The summed E-state index contributed by atoms with van der Waals surface area (Å²) in [6.07, 6.45) is 7.11. The van der Waals surface area contributed by atoms with Gasteiger partial charge in [-0.05, 0) is 72.5 Å². The van der Waals surface area contributed by atoms with Gasteiger partial charge in [0, 0.05) is 24.0 Å². The van der Waals surface area contributed by atoms with Crippen molar-refractivity contribution in [2.45, 2.75) is 57.0 Å². The van der Waals surface area contributed by atoms with Gasteiger partial charge in [0.05, 0.1) is 6.04 Å². The molecule has 0 radical (unpaired) electrons. The molecule has 1 aromatic heterocycles. The average molecular weight is 497 g/mol. The zero-order valence-corrected chi connectivity index (χ0v) is 19.6. The van der Waals surface area contributed by atoms with Crippen molar-refractivity contribution in [3.05, 3.63) is 64.6 Å². The lowest BCUT2D eigenvalue weighted by Gasteiger charge is -2.34. The van der Waals surface area contributed by atoms with Crippen molar-refractivity contribution < 1.29 is 18.4 Å². The molecule has 2 fully saturated rings. The van der Waals surface area contributed by atoms with Crippen LogP contribution in [0.25, 0.3) is 5.69 Å².